The minimum Gasteiger partial charge on any atom is -0.338 e. The van der Waals surface area contributed by atoms with E-state index in [0.29, 0.717) is 5.69 Å². The third-order valence-electron chi connectivity index (χ3n) is 2.23. The van der Waals surface area contributed by atoms with E-state index >= 15 is 0 Å². The molecule has 0 spiro atoms. The van der Waals surface area contributed by atoms with Gasteiger partial charge in [-0.15, -0.1) is 0 Å². The first kappa shape index (κ1) is 12.8. The van der Waals surface area contributed by atoms with Crippen LogP contribution in [0.5, 0.6) is 0 Å². The van der Waals surface area contributed by atoms with E-state index in [2.05, 4.69) is 15.3 Å². The first-order chi connectivity index (χ1) is 9.00. The monoisotopic (exact) mass is 264 g/mol. The first-order valence-electron chi connectivity index (χ1n) is 5.16. The Hall–Kier alpha value is -2.62. The highest BCUT2D eigenvalue weighted by atomic mass is 19.4. The van der Waals surface area contributed by atoms with Crippen molar-refractivity contribution in [3.8, 4) is 6.07 Å². The highest BCUT2D eigenvalue weighted by Crippen LogP contribution is 2.30. The number of hydrogen-bond acceptors (Lipinski definition) is 4. The lowest BCUT2D eigenvalue weighted by Crippen LogP contribution is -2.10. The lowest BCUT2D eigenvalue weighted by Gasteiger charge is -2.10. The normalized spacial score (nSPS) is 10.8. The van der Waals surface area contributed by atoms with Gasteiger partial charge in [-0.1, -0.05) is 0 Å². The van der Waals surface area contributed by atoms with Crippen LogP contribution in [0.1, 0.15) is 11.3 Å². The summed E-state index contributed by atoms with van der Waals surface area (Å²) in [5.41, 5.74) is -0.583. The summed E-state index contributed by atoms with van der Waals surface area (Å²) in [5.74, 6) is -0.148. The molecule has 2 aromatic rings. The number of anilines is 2. The molecule has 2 aromatic heterocycles. The molecule has 2 heterocycles. The number of nitriles is 1. The molecule has 4 nitrogen and oxygen atoms in total. The summed E-state index contributed by atoms with van der Waals surface area (Å²) in [6.07, 6.45) is -1.61. The molecule has 0 aliphatic carbocycles. The first-order valence-corrected chi connectivity index (χ1v) is 5.16. The van der Waals surface area contributed by atoms with Crippen molar-refractivity contribution >= 4 is 11.5 Å². The van der Waals surface area contributed by atoms with Gasteiger partial charge < -0.3 is 5.32 Å². The minimum atomic E-state index is -4.56. The summed E-state index contributed by atoms with van der Waals surface area (Å²) in [6, 6.07) is 6.85. The van der Waals surface area contributed by atoms with Crippen LogP contribution in [0.3, 0.4) is 0 Å². The zero-order valence-electron chi connectivity index (χ0n) is 9.44. The molecular weight excluding hydrogens is 257 g/mol. The van der Waals surface area contributed by atoms with Crippen molar-refractivity contribution in [2.75, 3.05) is 5.32 Å². The van der Waals surface area contributed by atoms with E-state index in [1.54, 1.807) is 18.2 Å². The van der Waals surface area contributed by atoms with Gasteiger partial charge in [0.2, 0.25) is 0 Å². The van der Waals surface area contributed by atoms with Gasteiger partial charge in [0.15, 0.2) is 0 Å². The molecule has 0 unspecified atom stereocenters. The maximum Gasteiger partial charge on any atom is 0.433 e. The number of nitrogens with zero attached hydrogens (tertiary/aromatic N) is 3. The Morgan fingerprint density at radius 1 is 1.21 bits per heavy atom. The topological polar surface area (TPSA) is 61.6 Å². The lowest BCUT2D eigenvalue weighted by molar-refractivity contribution is -0.141. The molecule has 0 bridgehead atoms. The van der Waals surface area contributed by atoms with Gasteiger partial charge in [0.1, 0.15) is 17.6 Å². The Morgan fingerprint density at radius 3 is 2.58 bits per heavy atom. The molecule has 0 amide bonds. The number of rotatable bonds is 2. The number of halogens is 3. The van der Waals surface area contributed by atoms with Crippen LogP contribution in [-0.4, -0.2) is 9.97 Å². The van der Waals surface area contributed by atoms with Crippen LogP contribution in [-0.2, 0) is 6.18 Å². The summed E-state index contributed by atoms with van der Waals surface area (Å²) in [5, 5.41) is 11.5. The van der Waals surface area contributed by atoms with E-state index < -0.39 is 11.9 Å². The number of alkyl halides is 3. The molecule has 0 atom stereocenters. The Kier molecular flexibility index (Phi) is 3.33. The number of aromatic nitrogens is 2. The van der Waals surface area contributed by atoms with E-state index in [-0.39, 0.29) is 11.4 Å². The standard InChI is InChI=1S/C12H7F3N4/c13-12(14,15)10-4-3-8(6-16)11(19-10)18-9-2-1-5-17-7-9/h1-5,7H,(H,18,19). The number of pyridine rings is 2. The fourth-order valence-electron chi connectivity index (χ4n) is 1.38. The highest BCUT2D eigenvalue weighted by Gasteiger charge is 2.33. The molecule has 2 rings (SSSR count). The van der Waals surface area contributed by atoms with Gasteiger partial charge in [-0.3, -0.25) is 4.98 Å². The molecular formula is C12H7F3N4. The van der Waals surface area contributed by atoms with Crippen molar-refractivity contribution in [3.63, 3.8) is 0 Å². The second-order valence-electron chi connectivity index (χ2n) is 3.57. The zero-order valence-corrected chi connectivity index (χ0v) is 9.44. The maximum absolute atomic E-state index is 12.6. The van der Waals surface area contributed by atoms with Crippen LogP contribution >= 0.6 is 0 Å². The molecule has 0 saturated heterocycles. The molecule has 0 aromatic carbocycles. The molecule has 19 heavy (non-hydrogen) atoms. The van der Waals surface area contributed by atoms with Gasteiger partial charge in [0, 0.05) is 6.20 Å². The van der Waals surface area contributed by atoms with Crippen molar-refractivity contribution in [1.29, 1.82) is 5.26 Å². The molecule has 0 fully saturated rings. The SMILES string of the molecule is N#Cc1ccc(C(F)(F)F)nc1Nc1cccnc1. The minimum absolute atomic E-state index is 0.0249. The Bertz CT molecular complexity index is 617. The van der Waals surface area contributed by atoms with Crippen molar-refractivity contribution < 1.29 is 13.2 Å². The Labute approximate surface area is 106 Å². The van der Waals surface area contributed by atoms with E-state index in [1.807, 2.05) is 0 Å². The van der Waals surface area contributed by atoms with Crippen molar-refractivity contribution in [1.82, 2.24) is 9.97 Å². The van der Waals surface area contributed by atoms with E-state index in [4.69, 9.17) is 5.26 Å². The average Bonchev–Trinajstić information content (AvgIpc) is 2.39. The molecule has 96 valence electrons. The van der Waals surface area contributed by atoms with Gasteiger partial charge in [-0.25, -0.2) is 4.98 Å². The smallest absolute Gasteiger partial charge is 0.338 e. The van der Waals surface area contributed by atoms with Crippen LogP contribution in [0.4, 0.5) is 24.7 Å². The van der Waals surface area contributed by atoms with Crippen LogP contribution in [0.15, 0.2) is 36.7 Å². The fraction of sp³-hybridized carbons (Fsp3) is 0.0833. The second kappa shape index (κ2) is 4.94. The van der Waals surface area contributed by atoms with Crippen molar-refractivity contribution in [2.24, 2.45) is 0 Å². The summed E-state index contributed by atoms with van der Waals surface area (Å²) < 4.78 is 37.7. The van der Waals surface area contributed by atoms with Crippen molar-refractivity contribution in [3.05, 3.63) is 47.9 Å². The van der Waals surface area contributed by atoms with E-state index in [9.17, 15) is 13.2 Å². The third kappa shape index (κ3) is 2.98. The second-order valence-corrected chi connectivity index (χ2v) is 3.57. The largest absolute Gasteiger partial charge is 0.433 e. The molecule has 0 radical (unpaired) electrons. The Balaban J connectivity index is 2.41. The molecule has 7 heteroatoms. The predicted molar refractivity (Wildman–Crippen MR) is 61.5 cm³/mol. The van der Waals surface area contributed by atoms with Gasteiger partial charge in [-0.2, -0.15) is 18.4 Å². The number of nitrogens with one attached hydrogen (secondary N) is 1. The van der Waals surface area contributed by atoms with Crippen LogP contribution < -0.4 is 5.32 Å². The van der Waals surface area contributed by atoms with Gasteiger partial charge in [-0.05, 0) is 24.3 Å². The molecule has 0 aliphatic rings. The van der Waals surface area contributed by atoms with E-state index in [0.717, 1.165) is 12.1 Å². The van der Waals surface area contributed by atoms with Crippen LogP contribution in [0.25, 0.3) is 0 Å². The lowest BCUT2D eigenvalue weighted by atomic mass is 10.2. The quantitative estimate of drug-likeness (QED) is 0.905. The fourth-order valence-corrected chi connectivity index (χ4v) is 1.38. The van der Waals surface area contributed by atoms with Crippen LogP contribution in [0.2, 0.25) is 0 Å². The van der Waals surface area contributed by atoms with E-state index in [1.165, 1.54) is 12.4 Å². The zero-order chi connectivity index (χ0) is 13.9. The van der Waals surface area contributed by atoms with Crippen molar-refractivity contribution in [2.45, 2.75) is 6.18 Å². The summed E-state index contributed by atoms with van der Waals surface area (Å²) in [6.45, 7) is 0. The van der Waals surface area contributed by atoms with Gasteiger partial charge in [0.25, 0.3) is 0 Å². The average molecular weight is 264 g/mol. The molecule has 0 aliphatic heterocycles. The summed E-state index contributed by atoms with van der Waals surface area (Å²) in [7, 11) is 0. The third-order valence-corrected chi connectivity index (χ3v) is 2.23. The summed E-state index contributed by atoms with van der Waals surface area (Å²) in [4.78, 5) is 7.24. The highest BCUT2D eigenvalue weighted by molar-refractivity contribution is 5.62. The van der Waals surface area contributed by atoms with Crippen LogP contribution in [0, 0.1) is 11.3 Å². The van der Waals surface area contributed by atoms with Gasteiger partial charge >= 0.3 is 6.18 Å². The molecule has 0 saturated carbocycles. The van der Waals surface area contributed by atoms with Gasteiger partial charge in [0.05, 0.1) is 17.4 Å². The summed E-state index contributed by atoms with van der Waals surface area (Å²) >= 11 is 0. The number of hydrogen-bond donors (Lipinski definition) is 1. The Morgan fingerprint density at radius 2 is 2.00 bits per heavy atom. The predicted octanol–water partition coefficient (Wildman–Crippen LogP) is 3.11. The molecule has 1 N–H and O–H groups in total. The maximum atomic E-state index is 12.6.